The largest absolute Gasteiger partial charge is 0.496 e. The summed E-state index contributed by atoms with van der Waals surface area (Å²) in [6, 6.07) is 16.5. The molecule has 0 unspecified atom stereocenters. The predicted molar refractivity (Wildman–Crippen MR) is 194 cm³/mol. The van der Waals surface area contributed by atoms with E-state index in [-0.39, 0.29) is 29.7 Å². The zero-order valence-corrected chi connectivity index (χ0v) is 30.0. The van der Waals surface area contributed by atoms with Gasteiger partial charge in [0.25, 0.3) is 0 Å². The molecule has 1 aliphatic rings. The van der Waals surface area contributed by atoms with E-state index < -0.39 is 29.6 Å². The molecular weight excluding hydrogens is 666 g/mol. The van der Waals surface area contributed by atoms with E-state index in [1.807, 2.05) is 39.8 Å². The monoisotopic (exact) mass is 711 g/mol. The van der Waals surface area contributed by atoms with Gasteiger partial charge in [0.2, 0.25) is 17.6 Å². The third-order valence-electron chi connectivity index (χ3n) is 9.01. The van der Waals surface area contributed by atoms with Crippen molar-refractivity contribution >= 4 is 29.6 Å². The van der Waals surface area contributed by atoms with Gasteiger partial charge in [0.05, 0.1) is 12.7 Å². The molecule has 1 saturated carbocycles. The number of methoxy groups -OCH3 is 1. The molecule has 14 heteroatoms. The van der Waals surface area contributed by atoms with Crippen LogP contribution < -0.4 is 20.7 Å². The summed E-state index contributed by atoms with van der Waals surface area (Å²) in [7, 11) is 1.56. The summed E-state index contributed by atoms with van der Waals surface area (Å²) < 4.78 is 11.0. The number of tetrazole rings is 1. The second-order valence-corrected chi connectivity index (χ2v) is 14.0. The number of anilines is 1. The van der Waals surface area contributed by atoms with Gasteiger partial charge in [0, 0.05) is 35.7 Å². The second-order valence-electron chi connectivity index (χ2n) is 14.0. The molecule has 0 spiro atoms. The van der Waals surface area contributed by atoms with E-state index in [4.69, 9.17) is 9.47 Å². The fraction of sp³-hybridized carbons (Fsp3) is 0.395. The molecule has 274 valence electrons. The Bertz CT molecular complexity index is 1880. The number of aromatic amines is 1. The third kappa shape index (κ3) is 9.92. The van der Waals surface area contributed by atoms with Gasteiger partial charge in [-0.2, -0.15) is 5.21 Å². The quantitative estimate of drug-likeness (QED) is 0.124. The van der Waals surface area contributed by atoms with E-state index in [1.54, 1.807) is 55.6 Å². The minimum Gasteiger partial charge on any atom is -0.496 e. The Morgan fingerprint density at radius 3 is 2.31 bits per heavy atom. The smallest absolute Gasteiger partial charge is 0.407 e. The number of aromatic nitrogens is 4. The minimum atomic E-state index is -1.02. The molecule has 0 radical (unpaired) electrons. The lowest BCUT2D eigenvalue weighted by molar-refractivity contribution is -0.130. The van der Waals surface area contributed by atoms with Crippen LogP contribution in [0.3, 0.4) is 0 Å². The number of alkyl carbamates (subject to hydrolysis) is 1. The Hall–Kier alpha value is -5.79. The van der Waals surface area contributed by atoms with Gasteiger partial charge in [0.15, 0.2) is 0 Å². The Morgan fingerprint density at radius 1 is 0.962 bits per heavy atom. The van der Waals surface area contributed by atoms with E-state index in [2.05, 4.69) is 36.6 Å². The normalized spacial score (nSPS) is 16.3. The zero-order valence-electron chi connectivity index (χ0n) is 30.0. The van der Waals surface area contributed by atoms with E-state index in [9.17, 15) is 24.3 Å². The van der Waals surface area contributed by atoms with Gasteiger partial charge in [-0.25, -0.2) is 9.59 Å². The summed E-state index contributed by atoms with van der Waals surface area (Å²) in [6.45, 7) is 7.74. The van der Waals surface area contributed by atoms with Gasteiger partial charge in [-0.1, -0.05) is 12.1 Å². The standard InChI is InChI=1S/C38H45N7O7/c1-22-18-27(36(48)49)13-16-29(22)30-19-24(8-17-32(30)51-5)20-31(35(47)40-28-14-11-25(12-15-28)33-42-44-45-43-33)41-34(46)26-9-6-23(7-10-26)21-39-37(50)52-38(2,3)4/h8,11-19,23,26,31H,6-7,9-10,20-21H2,1-5H3,(H,39,50)(H,40,47)(H,41,46)(H,48,49)(H,42,43,44,45)/t23-,26-,31-/m0/s1. The number of amides is 3. The number of carbonyl (C=O) groups excluding carboxylic acids is 3. The third-order valence-corrected chi connectivity index (χ3v) is 9.01. The van der Waals surface area contributed by atoms with Gasteiger partial charge in [0.1, 0.15) is 17.4 Å². The molecule has 52 heavy (non-hydrogen) atoms. The molecule has 4 aromatic rings. The summed E-state index contributed by atoms with van der Waals surface area (Å²) in [5.41, 5.74) is 3.87. The Kier molecular flexibility index (Phi) is 11.9. The highest BCUT2D eigenvalue weighted by molar-refractivity contribution is 5.98. The number of ether oxygens (including phenoxy) is 2. The lowest BCUT2D eigenvalue weighted by atomic mass is 9.81. The summed E-state index contributed by atoms with van der Waals surface area (Å²) in [5.74, 6) is -0.687. The van der Waals surface area contributed by atoms with E-state index in [0.29, 0.717) is 42.2 Å². The Labute approximate surface area is 302 Å². The zero-order chi connectivity index (χ0) is 37.4. The maximum absolute atomic E-state index is 13.9. The number of H-pyrrole nitrogens is 1. The van der Waals surface area contributed by atoms with Gasteiger partial charge in [-0.3, -0.25) is 9.59 Å². The molecule has 5 rings (SSSR count). The van der Waals surface area contributed by atoms with Crippen LogP contribution in [-0.4, -0.2) is 74.9 Å². The first kappa shape index (κ1) is 37.5. The first-order valence-corrected chi connectivity index (χ1v) is 17.2. The number of rotatable bonds is 12. The van der Waals surface area contributed by atoms with Crippen LogP contribution in [0.25, 0.3) is 22.5 Å². The average Bonchev–Trinajstić information content (AvgIpc) is 3.65. The molecule has 3 aromatic carbocycles. The van der Waals surface area contributed by atoms with Gasteiger partial charge < -0.3 is 30.5 Å². The molecule has 3 amide bonds. The number of aromatic carboxylic acids is 1. The van der Waals surface area contributed by atoms with Crippen LogP contribution in [0.5, 0.6) is 5.75 Å². The number of aryl methyl sites for hydroxylation is 1. The van der Waals surface area contributed by atoms with Gasteiger partial charge in [-0.15, -0.1) is 10.2 Å². The molecule has 0 aliphatic heterocycles. The molecule has 1 fully saturated rings. The molecule has 0 saturated heterocycles. The summed E-state index contributed by atoms with van der Waals surface area (Å²) >= 11 is 0. The molecule has 5 N–H and O–H groups in total. The van der Waals surface area contributed by atoms with Crippen LogP contribution in [0.15, 0.2) is 60.7 Å². The maximum atomic E-state index is 13.9. The number of carboxylic acid groups (broad SMARTS) is 1. The Morgan fingerprint density at radius 2 is 1.69 bits per heavy atom. The number of carbonyl (C=O) groups is 4. The topological polar surface area (TPSA) is 198 Å². The van der Waals surface area contributed by atoms with Crippen LogP contribution in [0.1, 0.15) is 67.9 Å². The van der Waals surface area contributed by atoms with Crippen LogP contribution in [0.4, 0.5) is 10.5 Å². The predicted octanol–water partition coefficient (Wildman–Crippen LogP) is 5.55. The first-order valence-electron chi connectivity index (χ1n) is 17.2. The van der Waals surface area contributed by atoms with Crippen molar-refractivity contribution in [3.8, 4) is 28.3 Å². The van der Waals surface area contributed by atoms with Crippen LogP contribution >= 0.6 is 0 Å². The van der Waals surface area contributed by atoms with Crippen molar-refractivity contribution in [3.63, 3.8) is 0 Å². The van der Waals surface area contributed by atoms with Crippen LogP contribution in [0.2, 0.25) is 0 Å². The van der Waals surface area contributed by atoms with Crippen molar-refractivity contribution in [1.82, 2.24) is 31.3 Å². The Balaban J connectivity index is 1.32. The van der Waals surface area contributed by atoms with Crippen molar-refractivity contribution in [2.45, 2.75) is 71.4 Å². The second kappa shape index (κ2) is 16.5. The number of hydrogen-bond donors (Lipinski definition) is 5. The number of hydrogen-bond acceptors (Lipinski definition) is 9. The van der Waals surface area contributed by atoms with Gasteiger partial charge in [-0.05, 0) is 130 Å². The van der Waals surface area contributed by atoms with E-state index in [0.717, 1.165) is 35.1 Å². The SMILES string of the molecule is COc1ccc(C[C@H](NC(=O)[C@H]2CC[C@H](CNC(=O)OC(C)(C)C)CC2)C(=O)Nc2ccc(-c3nn[nH]n3)cc2)cc1-c1ccc(C(=O)O)cc1C. The summed E-state index contributed by atoms with van der Waals surface area (Å²) in [5, 5.41) is 32.2. The first-order chi connectivity index (χ1) is 24.8. The van der Waals surface area contributed by atoms with Crippen LogP contribution in [-0.2, 0) is 20.7 Å². The highest BCUT2D eigenvalue weighted by Crippen LogP contribution is 2.34. The average molecular weight is 712 g/mol. The van der Waals surface area contributed by atoms with Crippen molar-refractivity contribution in [2.24, 2.45) is 11.8 Å². The molecule has 1 aromatic heterocycles. The van der Waals surface area contributed by atoms with E-state index in [1.165, 1.54) is 0 Å². The summed E-state index contributed by atoms with van der Waals surface area (Å²) in [6.07, 6.45) is 2.46. The summed E-state index contributed by atoms with van der Waals surface area (Å²) in [4.78, 5) is 51.3. The van der Waals surface area contributed by atoms with Crippen molar-refractivity contribution in [1.29, 1.82) is 0 Å². The number of nitrogens with zero attached hydrogens (tertiary/aromatic N) is 3. The molecule has 14 nitrogen and oxygen atoms in total. The lowest BCUT2D eigenvalue weighted by Crippen LogP contribution is -2.48. The number of carboxylic acids is 1. The molecular formula is C38H45N7O7. The molecule has 1 atom stereocenters. The van der Waals surface area contributed by atoms with E-state index >= 15 is 0 Å². The van der Waals surface area contributed by atoms with Crippen molar-refractivity contribution in [2.75, 3.05) is 19.0 Å². The van der Waals surface area contributed by atoms with Crippen LogP contribution in [0, 0.1) is 18.8 Å². The fourth-order valence-electron chi connectivity index (χ4n) is 6.31. The number of benzene rings is 3. The highest BCUT2D eigenvalue weighted by atomic mass is 16.6. The minimum absolute atomic E-state index is 0.175. The fourth-order valence-corrected chi connectivity index (χ4v) is 6.31. The van der Waals surface area contributed by atoms with Crippen molar-refractivity contribution < 1.29 is 33.8 Å². The molecule has 0 bridgehead atoms. The molecule has 1 heterocycles. The lowest BCUT2D eigenvalue weighted by Gasteiger charge is -2.29. The number of nitrogens with one attached hydrogen (secondary N) is 4. The maximum Gasteiger partial charge on any atom is 0.407 e. The van der Waals surface area contributed by atoms with Gasteiger partial charge >= 0.3 is 12.1 Å². The highest BCUT2D eigenvalue weighted by Gasteiger charge is 2.30. The van der Waals surface area contributed by atoms with Crippen molar-refractivity contribution in [3.05, 3.63) is 77.4 Å². The molecule has 1 aliphatic carbocycles.